The van der Waals surface area contributed by atoms with Gasteiger partial charge in [-0.25, -0.2) is 0 Å². The van der Waals surface area contributed by atoms with Gasteiger partial charge in [-0.1, -0.05) is 42.5 Å². The van der Waals surface area contributed by atoms with Crippen LogP contribution in [0.2, 0.25) is 0 Å². The monoisotopic (exact) mass is 399 g/mol. The Kier molecular flexibility index (Phi) is 6.14. The average Bonchev–Trinajstić information content (AvgIpc) is 2.79. The van der Waals surface area contributed by atoms with Crippen LogP contribution in [-0.2, 0) is 11.3 Å². The molecule has 3 aromatic rings. The van der Waals surface area contributed by atoms with Gasteiger partial charge in [-0.3, -0.25) is 4.79 Å². The molecule has 1 unspecified atom stereocenters. The normalized spacial score (nSPS) is 16.0. The molecule has 0 saturated heterocycles. The van der Waals surface area contributed by atoms with E-state index in [1.165, 1.54) is 5.56 Å². The zero-order chi connectivity index (χ0) is 20.8. The van der Waals surface area contributed by atoms with Crippen molar-refractivity contribution < 1.29 is 14.3 Å². The van der Waals surface area contributed by atoms with Crippen LogP contribution < -0.4 is 14.8 Å². The minimum atomic E-state index is 0.181. The Morgan fingerprint density at radius 2 is 1.47 bits per heavy atom. The highest BCUT2D eigenvalue weighted by atomic mass is 16.5. The number of benzene rings is 3. The summed E-state index contributed by atoms with van der Waals surface area (Å²) in [6.07, 6.45) is 3.18. The van der Waals surface area contributed by atoms with Gasteiger partial charge in [0.15, 0.2) is 5.78 Å². The highest BCUT2D eigenvalue weighted by Crippen LogP contribution is 2.30. The van der Waals surface area contributed by atoms with E-state index in [1.807, 2.05) is 66.7 Å². The van der Waals surface area contributed by atoms with Crippen molar-refractivity contribution in [2.75, 3.05) is 7.11 Å². The lowest BCUT2D eigenvalue weighted by molar-refractivity contribution is -0.115. The Morgan fingerprint density at radius 1 is 0.833 bits per heavy atom. The molecule has 0 saturated carbocycles. The molecule has 1 atom stereocenters. The van der Waals surface area contributed by atoms with Gasteiger partial charge in [-0.15, -0.1) is 0 Å². The van der Waals surface area contributed by atoms with E-state index in [2.05, 4.69) is 17.4 Å². The maximum Gasteiger partial charge on any atom is 0.158 e. The third kappa shape index (κ3) is 5.09. The van der Waals surface area contributed by atoms with Gasteiger partial charge in [0.25, 0.3) is 0 Å². The number of hydrogen-bond donors (Lipinski definition) is 1. The maximum atomic E-state index is 12.2. The van der Waals surface area contributed by atoms with E-state index in [-0.39, 0.29) is 11.7 Å². The summed E-state index contributed by atoms with van der Waals surface area (Å²) >= 11 is 0. The fraction of sp³-hybridized carbons (Fsp3) is 0.192. The van der Waals surface area contributed by atoms with Crippen molar-refractivity contribution >= 4 is 5.78 Å². The van der Waals surface area contributed by atoms with E-state index in [1.54, 1.807) is 13.2 Å². The summed E-state index contributed by atoms with van der Waals surface area (Å²) in [5.74, 6) is 2.76. The van der Waals surface area contributed by atoms with E-state index in [0.29, 0.717) is 13.0 Å². The predicted octanol–water partition coefficient (Wildman–Crippen LogP) is 5.61. The molecule has 4 heteroatoms. The number of hydrogen-bond acceptors (Lipinski definition) is 4. The number of carbonyl (C=O) groups excluding carboxylic acids is 1. The first kappa shape index (κ1) is 19.8. The molecule has 1 aliphatic carbocycles. The molecule has 0 aliphatic heterocycles. The molecule has 4 nitrogen and oxygen atoms in total. The fourth-order valence-electron chi connectivity index (χ4n) is 3.65. The molecule has 0 fully saturated rings. The number of rotatable bonds is 7. The van der Waals surface area contributed by atoms with Crippen molar-refractivity contribution in [3.63, 3.8) is 0 Å². The van der Waals surface area contributed by atoms with Crippen LogP contribution in [0.25, 0.3) is 0 Å². The summed E-state index contributed by atoms with van der Waals surface area (Å²) in [5, 5.41) is 3.44. The number of ether oxygens (including phenoxy) is 2. The van der Waals surface area contributed by atoms with Crippen molar-refractivity contribution in [3.8, 4) is 17.2 Å². The van der Waals surface area contributed by atoms with Crippen LogP contribution in [0, 0.1) is 0 Å². The quantitative estimate of drug-likeness (QED) is 0.561. The first-order valence-corrected chi connectivity index (χ1v) is 10.1. The first-order valence-electron chi connectivity index (χ1n) is 10.1. The summed E-state index contributed by atoms with van der Waals surface area (Å²) in [6.45, 7) is 0.670. The van der Waals surface area contributed by atoms with Gasteiger partial charge in [-0.2, -0.15) is 0 Å². The molecule has 30 heavy (non-hydrogen) atoms. The maximum absolute atomic E-state index is 12.2. The molecular formula is C26H25NO3. The summed E-state index contributed by atoms with van der Waals surface area (Å²) in [4.78, 5) is 12.2. The lowest BCUT2D eigenvalue weighted by atomic mass is 9.85. The SMILES string of the molecule is COc1ccc(Oc2ccc(CNC3=CC(=O)CC(c4ccccc4)C3)cc2)cc1. The smallest absolute Gasteiger partial charge is 0.158 e. The van der Waals surface area contributed by atoms with Crippen LogP contribution in [-0.4, -0.2) is 12.9 Å². The van der Waals surface area contributed by atoms with Crippen LogP contribution >= 0.6 is 0 Å². The Labute approximate surface area is 177 Å². The summed E-state index contributed by atoms with van der Waals surface area (Å²) in [5.41, 5.74) is 3.35. The number of ketones is 1. The zero-order valence-corrected chi connectivity index (χ0v) is 17.0. The van der Waals surface area contributed by atoms with Gasteiger partial charge in [0.2, 0.25) is 0 Å². The Morgan fingerprint density at radius 3 is 2.13 bits per heavy atom. The second-order valence-electron chi connectivity index (χ2n) is 7.43. The molecule has 4 rings (SSSR count). The molecule has 0 aromatic heterocycles. The van der Waals surface area contributed by atoms with Crippen molar-refractivity contribution in [3.05, 3.63) is 102 Å². The van der Waals surface area contributed by atoms with E-state index in [9.17, 15) is 4.79 Å². The van der Waals surface area contributed by atoms with Gasteiger partial charge in [-0.05, 0) is 59.9 Å². The minimum Gasteiger partial charge on any atom is -0.497 e. The van der Waals surface area contributed by atoms with Gasteiger partial charge >= 0.3 is 0 Å². The van der Waals surface area contributed by atoms with Crippen LogP contribution in [0.3, 0.4) is 0 Å². The third-order valence-corrected chi connectivity index (χ3v) is 5.26. The molecule has 3 aromatic carbocycles. The Bertz CT molecular complexity index is 1010. The van der Waals surface area contributed by atoms with Crippen LogP contribution in [0.15, 0.2) is 90.6 Å². The van der Waals surface area contributed by atoms with Crippen LogP contribution in [0.5, 0.6) is 17.2 Å². The molecule has 0 amide bonds. The Hall–Kier alpha value is -3.53. The predicted molar refractivity (Wildman–Crippen MR) is 118 cm³/mol. The van der Waals surface area contributed by atoms with E-state index >= 15 is 0 Å². The summed E-state index contributed by atoms with van der Waals surface area (Å²) in [7, 11) is 1.64. The average molecular weight is 399 g/mol. The van der Waals surface area contributed by atoms with E-state index < -0.39 is 0 Å². The molecule has 0 bridgehead atoms. The fourth-order valence-corrected chi connectivity index (χ4v) is 3.65. The molecule has 1 N–H and O–H groups in total. The molecule has 0 heterocycles. The summed E-state index contributed by atoms with van der Waals surface area (Å²) < 4.78 is 11.0. The molecule has 1 aliphatic rings. The van der Waals surface area contributed by atoms with Gasteiger partial charge in [0.1, 0.15) is 17.2 Å². The summed E-state index contributed by atoms with van der Waals surface area (Å²) in [6, 6.07) is 25.7. The Balaban J connectivity index is 1.33. The number of allylic oxidation sites excluding steroid dienone is 2. The third-order valence-electron chi connectivity index (χ3n) is 5.26. The van der Waals surface area contributed by atoms with Gasteiger partial charge in [0.05, 0.1) is 7.11 Å². The highest BCUT2D eigenvalue weighted by Gasteiger charge is 2.21. The van der Waals surface area contributed by atoms with Crippen LogP contribution in [0.1, 0.15) is 29.9 Å². The first-order chi connectivity index (χ1) is 14.7. The lowest BCUT2D eigenvalue weighted by Crippen LogP contribution is -2.21. The number of nitrogens with one attached hydrogen (secondary N) is 1. The van der Waals surface area contributed by atoms with Crippen molar-refractivity contribution in [2.45, 2.75) is 25.3 Å². The minimum absolute atomic E-state index is 0.181. The molecule has 152 valence electrons. The number of methoxy groups -OCH3 is 1. The second kappa shape index (κ2) is 9.31. The van der Waals surface area contributed by atoms with Gasteiger partial charge < -0.3 is 14.8 Å². The largest absolute Gasteiger partial charge is 0.497 e. The zero-order valence-electron chi connectivity index (χ0n) is 17.0. The van der Waals surface area contributed by atoms with Crippen molar-refractivity contribution in [1.29, 1.82) is 0 Å². The standard InChI is InChI=1S/C26H25NO3/c1-29-24-11-13-26(14-12-24)30-25-9-7-19(8-10-25)18-27-22-15-21(16-23(28)17-22)20-5-3-2-4-6-20/h2-14,17,21,27H,15-16,18H2,1H3. The highest BCUT2D eigenvalue weighted by molar-refractivity contribution is 5.91. The van der Waals surface area contributed by atoms with Crippen molar-refractivity contribution in [2.24, 2.45) is 0 Å². The molecular weight excluding hydrogens is 374 g/mol. The molecule has 0 spiro atoms. The van der Waals surface area contributed by atoms with E-state index in [4.69, 9.17) is 9.47 Å². The van der Waals surface area contributed by atoms with Crippen molar-refractivity contribution in [1.82, 2.24) is 5.32 Å². The van der Waals surface area contributed by atoms with Gasteiger partial charge in [0, 0.05) is 24.7 Å². The topological polar surface area (TPSA) is 47.6 Å². The molecule has 0 radical (unpaired) electrons. The van der Waals surface area contributed by atoms with E-state index in [0.717, 1.165) is 34.9 Å². The lowest BCUT2D eigenvalue weighted by Gasteiger charge is -2.23. The number of carbonyl (C=O) groups is 1. The second-order valence-corrected chi connectivity index (χ2v) is 7.43. The van der Waals surface area contributed by atoms with Crippen LogP contribution in [0.4, 0.5) is 0 Å².